The molecule has 0 bridgehead atoms. The lowest BCUT2D eigenvalue weighted by molar-refractivity contribution is -0.138. The van der Waals surface area contributed by atoms with E-state index >= 15 is 0 Å². The fourth-order valence-electron chi connectivity index (χ4n) is 7.43. The van der Waals surface area contributed by atoms with E-state index in [1.807, 2.05) is 84.3 Å². The molecule has 11 heteroatoms. The Bertz CT molecular complexity index is 1470. The van der Waals surface area contributed by atoms with Crippen LogP contribution in [0.25, 0.3) is 0 Å². The number of nitrogens with zero attached hydrogens (tertiary/aromatic N) is 2. The van der Waals surface area contributed by atoms with Gasteiger partial charge in [0.05, 0.1) is 6.04 Å². The molecule has 51 heavy (non-hydrogen) atoms. The topological polar surface area (TPSA) is 168 Å². The van der Waals surface area contributed by atoms with E-state index in [9.17, 15) is 24.0 Å². The van der Waals surface area contributed by atoms with Gasteiger partial charge in [-0.1, -0.05) is 74.5 Å². The van der Waals surface area contributed by atoms with Crippen LogP contribution in [0.5, 0.6) is 0 Å². The molecule has 2 aromatic rings. The highest BCUT2D eigenvalue weighted by Crippen LogP contribution is 2.39. The van der Waals surface area contributed by atoms with Gasteiger partial charge in [0.2, 0.25) is 23.6 Å². The first-order valence-electron chi connectivity index (χ1n) is 18.6. The average Bonchev–Trinajstić information content (AvgIpc) is 3.74. The van der Waals surface area contributed by atoms with E-state index in [1.54, 1.807) is 6.92 Å². The summed E-state index contributed by atoms with van der Waals surface area (Å²) in [5, 5.41) is 5.98. The summed E-state index contributed by atoms with van der Waals surface area (Å²) in [7, 11) is 0. The molecule has 4 rings (SSSR count). The summed E-state index contributed by atoms with van der Waals surface area (Å²) < 4.78 is 0. The molecule has 4 amide bonds. The molecule has 278 valence electrons. The van der Waals surface area contributed by atoms with Crippen LogP contribution in [0.3, 0.4) is 0 Å². The first-order valence-corrected chi connectivity index (χ1v) is 18.6. The minimum absolute atomic E-state index is 0.0484. The van der Waals surface area contributed by atoms with Crippen LogP contribution < -0.4 is 22.1 Å². The highest BCUT2D eigenvalue weighted by molar-refractivity contribution is 5.94. The number of nitrogens with one attached hydrogen (secondary N) is 2. The number of hydrogen-bond acceptors (Lipinski definition) is 7. The minimum Gasteiger partial charge on any atom is -0.344 e. The van der Waals surface area contributed by atoms with Gasteiger partial charge in [0.1, 0.15) is 12.1 Å². The summed E-state index contributed by atoms with van der Waals surface area (Å²) in [5.41, 5.74) is 13.8. The van der Waals surface area contributed by atoms with Crippen molar-refractivity contribution < 1.29 is 24.0 Å². The van der Waals surface area contributed by atoms with Gasteiger partial charge in [-0.2, -0.15) is 0 Å². The molecule has 0 radical (unpaired) electrons. The maximum Gasteiger partial charge on any atom is 0.245 e. The molecule has 1 spiro atoms. The van der Waals surface area contributed by atoms with Gasteiger partial charge in [-0.25, -0.2) is 0 Å². The van der Waals surface area contributed by atoms with Gasteiger partial charge in [-0.15, -0.1) is 0 Å². The zero-order valence-electron chi connectivity index (χ0n) is 30.7. The Balaban J connectivity index is 1.47. The third-order valence-electron chi connectivity index (χ3n) is 10.4. The van der Waals surface area contributed by atoms with Crippen molar-refractivity contribution in [2.45, 2.75) is 96.7 Å². The summed E-state index contributed by atoms with van der Waals surface area (Å²) in [5.74, 6) is -1.82. The zero-order chi connectivity index (χ0) is 37.0. The maximum atomic E-state index is 14.0. The molecule has 2 saturated heterocycles. The van der Waals surface area contributed by atoms with Crippen LogP contribution in [0.1, 0.15) is 76.8 Å². The lowest BCUT2D eigenvalue weighted by Crippen LogP contribution is -2.55. The van der Waals surface area contributed by atoms with Crippen molar-refractivity contribution in [3.8, 4) is 0 Å². The van der Waals surface area contributed by atoms with Crippen LogP contribution in [0, 0.1) is 17.3 Å². The second kappa shape index (κ2) is 18.9. The van der Waals surface area contributed by atoms with Gasteiger partial charge >= 0.3 is 0 Å². The lowest BCUT2D eigenvalue weighted by atomic mass is 9.86. The number of unbranched alkanes of at least 4 members (excludes halogenated alkanes) is 1. The van der Waals surface area contributed by atoms with Crippen molar-refractivity contribution in [2.75, 3.05) is 32.7 Å². The van der Waals surface area contributed by atoms with Crippen LogP contribution in [0.2, 0.25) is 0 Å². The molecular formula is C40H58N6O5. The predicted molar refractivity (Wildman–Crippen MR) is 198 cm³/mol. The van der Waals surface area contributed by atoms with Crippen LogP contribution in [-0.2, 0) is 36.8 Å². The number of carbonyl (C=O) groups excluding carboxylic acids is 5. The second-order valence-electron chi connectivity index (χ2n) is 15.1. The molecule has 2 aliphatic heterocycles. The standard InChI is InChI=1S/C40H58N6O5/c1-28(2)22-35(38(50)43-34(16-10-11-19-41)39(51)46-21-18-40(27-46)17-20-45(26-40)29(3)47)44-37(49)32(23-30-12-6-4-7-13-30)25-36(48)33(42)24-31-14-8-5-9-15-31/h4-9,12-15,28,32-35H,10-11,16-27,41-42H2,1-3H3,(H,43,50)(H,44,49)/t32-,33+,34+,35+,40?/m0/s1. The number of benzene rings is 2. The Labute approximate surface area is 303 Å². The van der Waals surface area contributed by atoms with Crippen LogP contribution in [0.15, 0.2) is 60.7 Å². The van der Waals surface area contributed by atoms with Gasteiger partial charge in [-0.3, -0.25) is 24.0 Å². The zero-order valence-corrected chi connectivity index (χ0v) is 30.7. The Hall–Kier alpha value is -4.09. The van der Waals surface area contributed by atoms with E-state index in [-0.39, 0.29) is 35.4 Å². The summed E-state index contributed by atoms with van der Waals surface area (Å²) in [4.78, 5) is 71.1. The van der Waals surface area contributed by atoms with Crippen LogP contribution >= 0.6 is 0 Å². The van der Waals surface area contributed by atoms with E-state index in [4.69, 9.17) is 11.5 Å². The second-order valence-corrected chi connectivity index (χ2v) is 15.1. The van der Waals surface area contributed by atoms with Crippen molar-refractivity contribution in [3.63, 3.8) is 0 Å². The van der Waals surface area contributed by atoms with Gasteiger partial charge in [-0.05, 0) is 75.0 Å². The van der Waals surface area contributed by atoms with Crippen molar-refractivity contribution in [1.82, 2.24) is 20.4 Å². The van der Waals surface area contributed by atoms with E-state index in [0.717, 1.165) is 24.0 Å². The molecule has 1 unspecified atom stereocenters. The molecule has 11 nitrogen and oxygen atoms in total. The number of nitrogens with two attached hydrogens (primary N) is 2. The van der Waals surface area contributed by atoms with E-state index in [1.165, 1.54) is 0 Å². The first-order chi connectivity index (χ1) is 24.4. The van der Waals surface area contributed by atoms with Crippen LogP contribution in [0.4, 0.5) is 0 Å². The molecule has 6 N–H and O–H groups in total. The minimum atomic E-state index is -0.905. The normalized spacial score (nSPS) is 19.5. The molecule has 5 atom stereocenters. The third-order valence-corrected chi connectivity index (χ3v) is 10.4. The number of ketones is 1. The molecular weight excluding hydrogens is 644 g/mol. The number of hydrogen-bond donors (Lipinski definition) is 4. The van der Waals surface area contributed by atoms with Crippen molar-refractivity contribution in [1.29, 1.82) is 0 Å². The molecule has 2 heterocycles. The SMILES string of the molecule is CC(=O)N1CCC2(CCN(C(=O)[C@@H](CCCCN)NC(=O)[C@@H](CC(C)C)NC(=O)[C@H](CC(=O)[C@H](N)Cc3ccccc3)Cc3ccccc3)C2)C1. The van der Waals surface area contributed by atoms with Crippen molar-refractivity contribution >= 4 is 29.4 Å². The number of Topliss-reactive ketones (excluding diaryl/α,β-unsaturated/α-hetero) is 1. The predicted octanol–water partition coefficient (Wildman–Crippen LogP) is 2.99. The first kappa shape index (κ1) is 39.7. The summed E-state index contributed by atoms with van der Waals surface area (Å²) >= 11 is 0. The molecule has 0 saturated carbocycles. The molecule has 0 aliphatic carbocycles. The van der Waals surface area contributed by atoms with E-state index < -0.39 is 35.9 Å². The van der Waals surface area contributed by atoms with E-state index in [2.05, 4.69) is 10.6 Å². The third kappa shape index (κ3) is 11.7. The Morgan fingerprint density at radius 2 is 1.35 bits per heavy atom. The number of likely N-dealkylation sites (tertiary alicyclic amines) is 2. The lowest BCUT2D eigenvalue weighted by Gasteiger charge is -2.29. The van der Waals surface area contributed by atoms with Crippen molar-refractivity contribution in [3.05, 3.63) is 71.8 Å². The summed E-state index contributed by atoms with van der Waals surface area (Å²) in [6.45, 7) is 8.45. The Kier molecular flexibility index (Phi) is 14.7. The fraction of sp³-hybridized carbons (Fsp3) is 0.575. The highest BCUT2D eigenvalue weighted by Gasteiger charge is 2.46. The number of carbonyl (C=O) groups is 5. The quantitative estimate of drug-likeness (QED) is 0.173. The molecule has 2 aromatic carbocycles. The fourth-order valence-corrected chi connectivity index (χ4v) is 7.43. The smallest absolute Gasteiger partial charge is 0.245 e. The Morgan fingerprint density at radius 1 is 0.784 bits per heavy atom. The number of amides is 4. The van der Waals surface area contributed by atoms with E-state index in [0.29, 0.717) is 71.2 Å². The van der Waals surface area contributed by atoms with Gasteiger partial charge in [0, 0.05) is 50.9 Å². The monoisotopic (exact) mass is 702 g/mol. The molecule has 2 aliphatic rings. The van der Waals surface area contributed by atoms with Crippen LogP contribution in [-0.4, -0.2) is 90.1 Å². The van der Waals surface area contributed by atoms with Crippen molar-refractivity contribution in [2.24, 2.45) is 28.7 Å². The number of rotatable bonds is 18. The largest absolute Gasteiger partial charge is 0.344 e. The average molecular weight is 703 g/mol. The maximum absolute atomic E-state index is 14.0. The molecule has 2 fully saturated rings. The van der Waals surface area contributed by atoms with Gasteiger partial charge in [0.15, 0.2) is 5.78 Å². The summed E-state index contributed by atoms with van der Waals surface area (Å²) in [6, 6.07) is 16.6. The summed E-state index contributed by atoms with van der Waals surface area (Å²) in [6.07, 6.45) is 4.44. The highest BCUT2D eigenvalue weighted by atomic mass is 16.2. The molecule has 0 aromatic heterocycles. The van der Waals surface area contributed by atoms with Gasteiger partial charge in [0.25, 0.3) is 0 Å². The Morgan fingerprint density at radius 3 is 1.92 bits per heavy atom. The van der Waals surface area contributed by atoms with Gasteiger partial charge < -0.3 is 31.9 Å².